The van der Waals surface area contributed by atoms with Crippen LogP contribution >= 0.6 is 0 Å². The van der Waals surface area contributed by atoms with Gasteiger partial charge in [0, 0.05) is 6.07 Å². The van der Waals surface area contributed by atoms with Crippen molar-refractivity contribution >= 4 is 11.9 Å². The van der Waals surface area contributed by atoms with Gasteiger partial charge in [-0.15, -0.1) is 0 Å². The molecule has 1 aliphatic carbocycles. The maximum atomic E-state index is 12.7. The Hall–Kier alpha value is -1.85. The molecule has 108 valence electrons. The molecule has 1 aromatic heterocycles. The van der Waals surface area contributed by atoms with Crippen LogP contribution in [0.25, 0.3) is 0 Å². The number of nitrogens with zero attached hydrogens (tertiary/aromatic N) is 2. The van der Waals surface area contributed by atoms with Crippen LogP contribution in [0.2, 0.25) is 0 Å². The highest BCUT2D eigenvalue weighted by atomic mass is 16.5. The molecule has 6 nitrogen and oxygen atoms in total. The second-order valence-corrected chi connectivity index (χ2v) is 5.87. The predicted octanol–water partition coefficient (Wildman–Crippen LogP) is 1.98. The molecule has 0 bridgehead atoms. The highest BCUT2D eigenvalue weighted by Crippen LogP contribution is 2.38. The smallest absolute Gasteiger partial charge is 0.325 e. The molecule has 6 heteroatoms. The van der Waals surface area contributed by atoms with Gasteiger partial charge in [0.05, 0.1) is 12.2 Å². The summed E-state index contributed by atoms with van der Waals surface area (Å²) in [7, 11) is 0. The summed E-state index contributed by atoms with van der Waals surface area (Å²) in [5, 5.41) is 6.70. The molecule has 2 aliphatic rings. The topological polar surface area (TPSA) is 75.4 Å². The Bertz CT molecular complexity index is 554. The maximum absolute atomic E-state index is 12.7. The Labute approximate surface area is 117 Å². The Kier molecular flexibility index (Phi) is 3.03. The molecule has 1 aliphatic heterocycles. The van der Waals surface area contributed by atoms with Crippen LogP contribution in [0, 0.1) is 12.8 Å². The van der Waals surface area contributed by atoms with Crippen LogP contribution in [0.3, 0.4) is 0 Å². The van der Waals surface area contributed by atoms with Crippen LogP contribution in [0.1, 0.15) is 44.1 Å². The maximum Gasteiger partial charge on any atom is 0.325 e. The van der Waals surface area contributed by atoms with E-state index in [-0.39, 0.29) is 24.4 Å². The van der Waals surface area contributed by atoms with Crippen molar-refractivity contribution in [3.05, 3.63) is 17.5 Å². The van der Waals surface area contributed by atoms with Crippen molar-refractivity contribution in [3.8, 4) is 0 Å². The Balaban J connectivity index is 1.83. The number of nitrogens with one attached hydrogen (secondary N) is 1. The number of aromatic nitrogens is 1. The zero-order valence-corrected chi connectivity index (χ0v) is 11.8. The molecule has 2 atom stereocenters. The number of hydrogen-bond donors (Lipinski definition) is 1. The molecule has 20 heavy (non-hydrogen) atoms. The van der Waals surface area contributed by atoms with Gasteiger partial charge in [0.1, 0.15) is 5.54 Å². The van der Waals surface area contributed by atoms with E-state index in [0.29, 0.717) is 5.76 Å². The lowest BCUT2D eigenvalue weighted by Crippen LogP contribution is -2.53. The van der Waals surface area contributed by atoms with Crippen LogP contribution in [0.5, 0.6) is 0 Å². The first-order chi connectivity index (χ1) is 9.53. The second kappa shape index (κ2) is 4.61. The molecule has 1 saturated heterocycles. The molecule has 1 N–H and O–H groups in total. The Morgan fingerprint density at radius 2 is 2.30 bits per heavy atom. The number of hydrogen-bond acceptors (Lipinski definition) is 4. The number of amides is 3. The number of carbonyl (C=O) groups excluding carboxylic acids is 2. The molecule has 0 radical (unpaired) electrons. The van der Waals surface area contributed by atoms with Crippen molar-refractivity contribution in [2.45, 2.75) is 51.6 Å². The minimum absolute atomic E-state index is 0.122. The number of imide groups is 1. The van der Waals surface area contributed by atoms with E-state index in [1.54, 1.807) is 6.07 Å². The van der Waals surface area contributed by atoms with Gasteiger partial charge in [0.25, 0.3) is 5.91 Å². The van der Waals surface area contributed by atoms with Crippen molar-refractivity contribution in [3.63, 3.8) is 0 Å². The zero-order chi connectivity index (χ0) is 14.3. The molecular formula is C14H19N3O3. The van der Waals surface area contributed by atoms with Crippen LogP contribution in [0.4, 0.5) is 4.79 Å². The van der Waals surface area contributed by atoms with Crippen molar-refractivity contribution in [2.24, 2.45) is 5.92 Å². The van der Waals surface area contributed by atoms with Crippen LogP contribution in [-0.2, 0) is 11.3 Å². The lowest BCUT2D eigenvalue weighted by atomic mass is 9.73. The summed E-state index contributed by atoms with van der Waals surface area (Å²) < 4.78 is 5.10. The third-order valence-corrected chi connectivity index (χ3v) is 4.49. The van der Waals surface area contributed by atoms with E-state index in [4.69, 9.17) is 4.52 Å². The number of aryl methyl sites for hydroxylation is 1. The fraction of sp³-hybridized carbons (Fsp3) is 0.643. The van der Waals surface area contributed by atoms with Crippen molar-refractivity contribution in [1.82, 2.24) is 15.4 Å². The zero-order valence-electron chi connectivity index (χ0n) is 11.8. The first kappa shape index (κ1) is 13.1. The van der Waals surface area contributed by atoms with E-state index in [9.17, 15) is 9.59 Å². The molecule has 1 aromatic rings. The average Bonchev–Trinajstić information content (AvgIpc) is 2.92. The first-order valence-electron chi connectivity index (χ1n) is 7.09. The second-order valence-electron chi connectivity index (χ2n) is 5.87. The quantitative estimate of drug-likeness (QED) is 0.839. The fourth-order valence-electron chi connectivity index (χ4n) is 3.29. The molecule has 2 heterocycles. The van der Waals surface area contributed by atoms with E-state index in [0.717, 1.165) is 31.4 Å². The molecule has 1 saturated carbocycles. The van der Waals surface area contributed by atoms with Gasteiger partial charge in [-0.3, -0.25) is 9.69 Å². The van der Waals surface area contributed by atoms with Gasteiger partial charge in [0.15, 0.2) is 5.76 Å². The fourth-order valence-corrected chi connectivity index (χ4v) is 3.29. The summed E-state index contributed by atoms with van der Waals surface area (Å²) in [5.74, 6) is 0.587. The molecule has 1 spiro atoms. The van der Waals surface area contributed by atoms with Crippen LogP contribution < -0.4 is 5.32 Å². The van der Waals surface area contributed by atoms with E-state index in [2.05, 4.69) is 10.5 Å². The summed E-state index contributed by atoms with van der Waals surface area (Å²) >= 11 is 0. The van der Waals surface area contributed by atoms with Crippen LogP contribution in [-0.4, -0.2) is 27.5 Å². The summed E-state index contributed by atoms with van der Waals surface area (Å²) in [6, 6.07) is 1.42. The van der Waals surface area contributed by atoms with Gasteiger partial charge in [-0.25, -0.2) is 4.79 Å². The molecule has 3 amide bonds. The van der Waals surface area contributed by atoms with Gasteiger partial charge >= 0.3 is 6.03 Å². The minimum Gasteiger partial charge on any atom is -0.359 e. The number of carbonyl (C=O) groups is 2. The average molecular weight is 277 g/mol. The lowest BCUT2D eigenvalue weighted by molar-refractivity contribution is -0.134. The standard InChI is InChI=1S/C14H19N3O3/c1-9-5-3-4-6-14(9)12(18)17(13(19)15-14)8-11-7-10(2)16-20-11/h7,9H,3-6,8H2,1-2H3,(H,15,19)/t9-,14-/m0/s1. The number of rotatable bonds is 2. The van der Waals surface area contributed by atoms with Gasteiger partial charge < -0.3 is 9.84 Å². The summed E-state index contributed by atoms with van der Waals surface area (Å²) in [6.07, 6.45) is 3.80. The summed E-state index contributed by atoms with van der Waals surface area (Å²) in [5.41, 5.74) is 0.0394. The predicted molar refractivity (Wildman–Crippen MR) is 70.7 cm³/mol. The lowest BCUT2D eigenvalue weighted by Gasteiger charge is -2.36. The van der Waals surface area contributed by atoms with E-state index in [1.807, 2.05) is 13.8 Å². The molecule has 2 fully saturated rings. The largest absolute Gasteiger partial charge is 0.359 e. The number of urea groups is 1. The van der Waals surface area contributed by atoms with Crippen molar-refractivity contribution in [1.29, 1.82) is 0 Å². The minimum atomic E-state index is -0.704. The normalized spacial score (nSPS) is 30.1. The van der Waals surface area contributed by atoms with Gasteiger partial charge in [0.2, 0.25) is 0 Å². The van der Waals surface area contributed by atoms with Crippen LogP contribution in [0.15, 0.2) is 10.6 Å². The Morgan fingerprint density at radius 1 is 1.50 bits per heavy atom. The Morgan fingerprint density at radius 3 is 2.95 bits per heavy atom. The monoisotopic (exact) mass is 277 g/mol. The highest BCUT2D eigenvalue weighted by Gasteiger charge is 2.54. The van der Waals surface area contributed by atoms with Gasteiger partial charge in [-0.05, 0) is 25.7 Å². The molecule has 0 aromatic carbocycles. The third kappa shape index (κ3) is 1.90. The van der Waals surface area contributed by atoms with Crippen molar-refractivity contribution in [2.75, 3.05) is 0 Å². The highest BCUT2D eigenvalue weighted by molar-refractivity contribution is 6.07. The van der Waals surface area contributed by atoms with Gasteiger partial charge in [-0.1, -0.05) is 24.9 Å². The van der Waals surface area contributed by atoms with E-state index < -0.39 is 5.54 Å². The molecular weight excluding hydrogens is 258 g/mol. The van der Waals surface area contributed by atoms with Gasteiger partial charge in [-0.2, -0.15) is 0 Å². The third-order valence-electron chi connectivity index (χ3n) is 4.49. The first-order valence-corrected chi connectivity index (χ1v) is 7.09. The summed E-state index contributed by atoms with van der Waals surface area (Å²) in [4.78, 5) is 26.1. The van der Waals surface area contributed by atoms with E-state index in [1.165, 1.54) is 4.90 Å². The SMILES string of the molecule is Cc1cc(CN2C(=O)N[C@]3(CCCC[C@@H]3C)C2=O)on1. The molecule has 3 rings (SSSR count). The molecule has 0 unspecified atom stereocenters. The van der Waals surface area contributed by atoms with Crippen molar-refractivity contribution < 1.29 is 14.1 Å². The van der Waals surface area contributed by atoms with E-state index >= 15 is 0 Å². The summed E-state index contributed by atoms with van der Waals surface area (Å²) in [6.45, 7) is 4.00.